The van der Waals surface area contributed by atoms with Crippen LogP contribution < -0.4 is 5.32 Å². The topological polar surface area (TPSA) is 58.6 Å². The van der Waals surface area contributed by atoms with E-state index in [4.69, 9.17) is 4.74 Å². The molecule has 1 aliphatic heterocycles. The van der Waals surface area contributed by atoms with Crippen molar-refractivity contribution in [1.29, 1.82) is 0 Å². The van der Waals surface area contributed by atoms with Crippen molar-refractivity contribution in [2.75, 3.05) is 6.54 Å². The summed E-state index contributed by atoms with van der Waals surface area (Å²) >= 11 is 0. The molecule has 2 aromatic rings. The third kappa shape index (κ3) is 5.21. The molecule has 1 fully saturated rings. The van der Waals surface area contributed by atoms with Gasteiger partial charge in [-0.2, -0.15) is 0 Å². The molecule has 2 aromatic carbocycles. The number of benzene rings is 2. The normalized spacial score (nSPS) is 24.7. The molecule has 1 heterocycles. The SMILES string of the molecule is CC[C@@H]1[C@H](F)[C@H](OC(=O)c2ccccc2)[C@@H](NC(C)=O)CN1Cc1ccccc1. The van der Waals surface area contributed by atoms with Crippen molar-refractivity contribution < 1.29 is 18.7 Å². The molecular formula is C23H27FN2O3. The lowest BCUT2D eigenvalue weighted by molar-refractivity contribution is -0.124. The molecule has 6 heteroatoms. The highest BCUT2D eigenvalue weighted by Crippen LogP contribution is 2.28. The highest BCUT2D eigenvalue weighted by atomic mass is 19.1. The molecule has 1 saturated heterocycles. The molecule has 0 aromatic heterocycles. The Labute approximate surface area is 170 Å². The smallest absolute Gasteiger partial charge is 0.338 e. The Hall–Kier alpha value is -2.73. The Morgan fingerprint density at radius 2 is 1.72 bits per heavy atom. The van der Waals surface area contributed by atoms with E-state index >= 15 is 4.39 Å². The van der Waals surface area contributed by atoms with Gasteiger partial charge in [0, 0.05) is 26.1 Å². The van der Waals surface area contributed by atoms with E-state index in [0.717, 1.165) is 5.56 Å². The average molecular weight is 398 g/mol. The Morgan fingerprint density at radius 1 is 1.10 bits per heavy atom. The highest BCUT2D eigenvalue weighted by Gasteiger charge is 2.46. The van der Waals surface area contributed by atoms with E-state index in [0.29, 0.717) is 25.1 Å². The summed E-state index contributed by atoms with van der Waals surface area (Å²) in [5.41, 5.74) is 1.43. The van der Waals surface area contributed by atoms with E-state index in [1.54, 1.807) is 30.3 Å². The number of alkyl halides is 1. The van der Waals surface area contributed by atoms with Gasteiger partial charge in [-0.25, -0.2) is 9.18 Å². The van der Waals surface area contributed by atoms with Gasteiger partial charge in [0.1, 0.15) is 0 Å². The number of rotatable bonds is 6. The lowest BCUT2D eigenvalue weighted by atomic mass is 9.90. The van der Waals surface area contributed by atoms with E-state index in [-0.39, 0.29) is 5.91 Å². The van der Waals surface area contributed by atoms with Gasteiger partial charge in [0.2, 0.25) is 5.91 Å². The second-order valence-corrected chi connectivity index (χ2v) is 7.38. The summed E-state index contributed by atoms with van der Waals surface area (Å²) in [6, 6.07) is 17.3. The number of esters is 1. The molecule has 0 saturated carbocycles. The van der Waals surface area contributed by atoms with Crippen LogP contribution in [-0.2, 0) is 16.1 Å². The van der Waals surface area contributed by atoms with Crippen molar-refractivity contribution >= 4 is 11.9 Å². The zero-order valence-electron chi connectivity index (χ0n) is 16.8. The number of carbonyl (C=O) groups is 2. The fourth-order valence-corrected chi connectivity index (χ4v) is 3.92. The first-order chi connectivity index (χ1) is 14.0. The molecule has 4 atom stereocenters. The van der Waals surface area contributed by atoms with E-state index in [1.165, 1.54) is 6.92 Å². The molecule has 3 rings (SSSR count). The Kier molecular flexibility index (Phi) is 6.99. The summed E-state index contributed by atoms with van der Waals surface area (Å²) in [5.74, 6) is -0.863. The molecule has 0 radical (unpaired) electrons. The first kappa shape index (κ1) is 21.0. The molecule has 29 heavy (non-hydrogen) atoms. The number of halogens is 1. The second-order valence-electron chi connectivity index (χ2n) is 7.38. The van der Waals surface area contributed by atoms with Crippen LogP contribution in [0.2, 0.25) is 0 Å². The fraction of sp³-hybridized carbons (Fsp3) is 0.391. The van der Waals surface area contributed by atoms with Crippen LogP contribution in [0.5, 0.6) is 0 Å². The highest BCUT2D eigenvalue weighted by molar-refractivity contribution is 5.89. The van der Waals surface area contributed by atoms with E-state index < -0.39 is 30.3 Å². The van der Waals surface area contributed by atoms with Gasteiger partial charge >= 0.3 is 5.97 Å². The van der Waals surface area contributed by atoms with Gasteiger partial charge < -0.3 is 10.1 Å². The van der Waals surface area contributed by atoms with Gasteiger partial charge in [-0.05, 0) is 24.1 Å². The van der Waals surface area contributed by atoms with E-state index in [1.807, 2.05) is 42.2 Å². The minimum atomic E-state index is -1.41. The Balaban J connectivity index is 1.81. The number of hydrogen-bond donors (Lipinski definition) is 1. The summed E-state index contributed by atoms with van der Waals surface area (Å²) in [6.07, 6.45) is -1.88. The maximum atomic E-state index is 15.6. The van der Waals surface area contributed by atoms with Crippen molar-refractivity contribution in [3.63, 3.8) is 0 Å². The fourth-order valence-electron chi connectivity index (χ4n) is 3.92. The van der Waals surface area contributed by atoms with Crippen molar-refractivity contribution in [3.8, 4) is 0 Å². The van der Waals surface area contributed by atoms with Crippen LogP contribution in [0, 0.1) is 0 Å². The predicted octanol–water partition coefficient (Wildman–Crippen LogP) is 3.35. The summed E-state index contributed by atoms with van der Waals surface area (Å²) in [7, 11) is 0. The van der Waals surface area contributed by atoms with Gasteiger partial charge in [0.15, 0.2) is 12.3 Å². The summed E-state index contributed by atoms with van der Waals surface area (Å²) in [5, 5.41) is 2.78. The lowest BCUT2D eigenvalue weighted by Crippen LogP contribution is -2.64. The molecule has 1 aliphatic rings. The largest absolute Gasteiger partial charge is 0.453 e. The lowest BCUT2D eigenvalue weighted by Gasteiger charge is -2.45. The molecule has 154 valence electrons. The maximum Gasteiger partial charge on any atom is 0.338 e. The van der Waals surface area contributed by atoms with Gasteiger partial charge in [-0.3, -0.25) is 9.69 Å². The molecule has 0 aliphatic carbocycles. The number of nitrogens with zero attached hydrogens (tertiary/aromatic N) is 1. The number of nitrogens with one attached hydrogen (secondary N) is 1. The number of hydrogen-bond acceptors (Lipinski definition) is 4. The minimum absolute atomic E-state index is 0.280. The third-order valence-electron chi connectivity index (χ3n) is 5.27. The molecule has 1 N–H and O–H groups in total. The third-order valence-corrected chi connectivity index (χ3v) is 5.27. The van der Waals surface area contributed by atoms with Crippen molar-refractivity contribution in [2.45, 2.75) is 51.2 Å². The number of likely N-dealkylation sites (tertiary alicyclic amines) is 1. The average Bonchev–Trinajstić information content (AvgIpc) is 2.72. The minimum Gasteiger partial charge on any atom is -0.453 e. The van der Waals surface area contributed by atoms with Crippen molar-refractivity contribution in [1.82, 2.24) is 10.2 Å². The van der Waals surface area contributed by atoms with Gasteiger partial charge in [0.05, 0.1) is 11.6 Å². The summed E-state index contributed by atoms with van der Waals surface area (Å²) in [6.45, 7) is 4.27. The van der Waals surface area contributed by atoms with Crippen LogP contribution in [0.25, 0.3) is 0 Å². The summed E-state index contributed by atoms with van der Waals surface area (Å²) in [4.78, 5) is 26.3. The van der Waals surface area contributed by atoms with E-state index in [2.05, 4.69) is 5.32 Å². The van der Waals surface area contributed by atoms with Crippen LogP contribution in [0.3, 0.4) is 0 Å². The standard InChI is InChI=1S/C23H27FN2O3/c1-3-20-21(24)22(29-23(28)18-12-8-5-9-13-18)19(25-16(2)27)15-26(20)14-17-10-6-4-7-11-17/h4-13,19-22H,3,14-15H2,1-2H3,(H,25,27)/t19-,20+,21-,22+/m0/s1. The molecule has 5 nitrogen and oxygen atoms in total. The molecule has 1 amide bonds. The van der Waals surface area contributed by atoms with Crippen LogP contribution in [0.4, 0.5) is 4.39 Å². The van der Waals surface area contributed by atoms with Crippen molar-refractivity contribution in [3.05, 3.63) is 71.8 Å². The van der Waals surface area contributed by atoms with E-state index in [9.17, 15) is 9.59 Å². The zero-order valence-corrected chi connectivity index (χ0v) is 16.8. The molecule has 0 bridgehead atoms. The number of amides is 1. The van der Waals surface area contributed by atoms with Crippen LogP contribution in [-0.4, -0.2) is 47.7 Å². The van der Waals surface area contributed by atoms with Crippen LogP contribution >= 0.6 is 0 Å². The molecule has 0 spiro atoms. The first-order valence-corrected chi connectivity index (χ1v) is 9.94. The monoisotopic (exact) mass is 398 g/mol. The van der Waals surface area contributed by atoms with Gasteiger partial charge in [-0.15, -0.1) is 0 Å². The quantitative estimate of drug-likeness (QED) is 0.758. The number of carbonyl (C=O) groups excluding carboxylic acids is 2. The maximum absolute atomic E-state index is 15.6. The van der Waals surface area contributed by atoms with Gasteiger partial charge in [-0.1, -0.05) is 55.5 Å². The van der Waals surface area contributed by atoms with Crippen LogP contribution in [0.1, 0.15) is 36.2 Å². The molecule has 0 unspecified atom stereocenters. The number of ether oxygens (including phenoxy) is 1. The zero-order chi connectivity index (χ0) is 20.8. The number of piperidine rings is 1. The first-order valence-electron chi connectivity index (χ1n) is 9.94. The summed E-state index contributed by atoms with van der Waals surface area (Å²) < 4.78 is 21.2. The second kappa shape index (κ2) is 9.65. The van der Waals surface area contributed by atoms with Crippen LogP contribution in [0.15, 0.2) is 60.7 Å². The molecular weight excluding hydrogens is 371 g/mol. The van der Waals surface area contributed by atoms with Gasteiger partial charge in [0.25, 0.3) is 0 Å². The predicted molar refractivity (Wildman–Crippen MR) is 109 cm³/mol. The Morgan fingerprint density at radius 3 is 2.31 bits per heavy atom. The Bertz CT molecular complexity index is 815. The van der Waals surface area contributed by atoms with Crippen molar-refractivity contribution in [2.24, 2.45) is 0 Å².